The number of carboxylic acid groups (broad SMARTS) is 2. The summed E-state index contributed by atoms with van der Waals surface area (Å²) in [4.78, 5) is 32.4. The zero-order valence-electron chi connectivity index (χ0n) is 9.85. The maximum atomic E-state index is 11.3. The van der Waals surface area contributed by atoms with Crippen LogP contribution in [0.3, 0.4) is 0 Å². The van der Waals surface area contributed by atoms with Crippen molar-refractivity contribution in [1.29, 1.82) is 0 Å². The summed E-state index contributed by atoms with van der Waals surface area (Å²) in [6, 6.07) is 8.85. The number of ether oxygens (including phenoxy) is 1. The molecule has 19 heavy (non-hydrogen) atoms. The lowest BCUT2D eigenvalue weighted by atomic mass is 10.2. The third kappa shape index (κ3) is 5.49. The van der Waals surface area contributed by atoms with Gasteiger partial charge in [0.15, 0.2) is 0 Å². The van der Waals surface area contributed by atoms with E-state index in [0.29, 0.717) is 0 Å². The smallest absolute Gasteiger partial charge is 0.345 e. The minimum absolute atomic E-state index is 0.740. The van der Waals surface area contributed by atoms with E-state index in [1.165, 1.54) is 6.08 Å². The molecule has 1 aromatic rings. The Morgan fingerprint density at radius 1 is 1.16 bits per heavy atom. The van der Waals surface area contributed by atoms with Gasteiger partial charge in [0, 0.05) is 6.08 Å². The SMILES string of the molecule is O=C(O)C[C@H](OC(=O)/C=C/c1ccccc1)C(=O)O. The van der Waals surface area contributed by atoms with Crippen LogP contribution in [0.4, 0.5) is 0 Å². The monoisotopic (exact) mass is 264 g/mol. The molecule has 0 aliphatic heterocycles. The molecule has 0 saturated carbocycles. The quantitative estimate of drug-likeness (QED) is 0.590. The topological polar surface area (TPSA) is 101 Å². The molecular weight excluding hydrogens is 252 g/mol. The molecule has 6 nitrogen and oxygen atoms in total. The molecule has 0 fully saturated rings. The van der Waals surface area contributed by atoms with Crippen LogP contribution in [0.25, 0.3) is 6.08 Å². The fourth-order valence-electron chi connectivity index (χ4n) is 1.25. The van der Waals surface area contributed by atoms with Crippen molar-refractivity contribution in [2.45, 2.75) is 12.5 Å². The van der Waals surface area contributed by atoms with E-state index in [1.54, 1.807) is 24.3 Å². The lowest BCUT2D eigenvalue weighted by molar-refractivity contribution is -0.164. The molecule has 0 spiro atoms. The number of carbonyl (C=O) groups excluding carboxylic acids is 1. The predicted molar refractivity (Wildman–Crippen MR) is 65.2 cm³/mol. The number of aliphatic carboxylic acids is 2. The highest BCUT2D eigenvalue weighted by Gasteiger charge is 2.24. The second kappa shape index (κ2) is 6.95. The number of carbonyl (C=O) groups is 3. The van der Waals surface area contributed by atoms with Crippen LogP contribution in [-0.4, -0.2) is 34.2 Å². The van der Waals surface area contributed by atoms with Crippen LogP contribution in [-0.2, 0) is 19.1 Å². The molecule has 1 aromatic carbocycles. The van der Waals surface area contributed by atoms with Gasteiger partial charge in [0.2, 0.25) is 6.10 Å². The maximum absolute atomic E-state index is 11.3. The highest BCUT2D eigenvalue weighted by Crippen LogP contribution is 2.04. The molecular formula is C13H12O6. The third-order valence-electron chi connectivity index (χ3n) is 2.11. The summed E-state index contributed by atoms with van der Waals surface area (Å²) in [6.45, 7) is 0. The normalized spacial score (nSPS) is 12.0. The van der Waals surface area contributed by atoms with Crippen molar-refractivity contribution in [2.24, 2.45) is 0 Å². The van der Waals surface area contributed by atoms with E-state index in [0.717, 1.165) is 11.6 Å². The highest BCUT2D eigenvalue weighted by molar-refractivity contribution is 5.90. The van der Waals surface area contributed by atoms with Crippen molar-refractivity contribution in [3.05, 3.63) is 42.0 Å². The lowest BCUT2D eigenvalue weighted by Crippen LogP contribution is -2.28. The molecule has 0 aliphatic rings. The van der Waals surface area contributed by atoms with Crippen LogP contribution in [0.15, 0.2) is 36.4 Å². The zero-order valence-corrected chi connectivity index (χ0v) is 9.85. The van der Waals surface area contributed by atoms with Gasteiger partial charge in [0.05, 0.1) is 6.42 Å². The first-order chi connectivity index (χ1) is 8.99. The van der Waals surface area contributed by atoms with Gasteiger partial charge in [0.1, 0.15) is 0 Å². The van der Waals surface area contributed by atoms with Gasteiger partial charge in [-0.3, -0.25) is 4.79 Å². The Balaban J connectivity index is 2.60. The summed E-state index contributed by atoms with van der Waals surface area (Å²) >= 11 is 0. The molecule has 0 aliphatic carbocycles. The van der Waals surface area contributed by atoms with Gasteiger partial charge in [-0.05, 0) is 11.6 Å². The van der Waals surface area contributed by atoms with Gasteiger partial charge in [-0.1, -0.05) is 30.3 Å². The number of benzene rings is 1. The summed E-state index contributed by atoms with van der Waals surface area (Å²) in [5.74, 6) is -3.76. The van der Waals surface area contributed by atoms with Crippen molar-refractivity contribution >= 4 is 24.0 Å². The Kier molecular flexibility index (Phi) is 5.28. The van der Waals surface area contributed by atoms with Crippen LogP contribution in [0.2, 0.25) is 0 Å². The van der Waals surface area contributed by atoms with Crippen molar-refractivity contribution < 1.29 is 29.3 Å². The number of esters is 1. The first-order valence-corrected chi connectivity index (χ1v) is 5.37. The molecule has 6 heteroatoms. The van der Waals surface area contributed by atoms with Crippen molar-refractivity contribution in [2.75, 3.05) is 0 Å². The molecule has 0 unspecified atom stereocenters. The molecule has 100 valence electrons. The second-order valence-electron chi connectivity index (χ2n) is 3.61. The Hall–Kier alpha value is -2.63. The van der Waals surface area contributed by atoms with Gasteiger partial charge >= 0.3 is 17.9 Å². The summed E-state index contributed by atoms with van der Waals surface area (Å²) in [6.07, 6.45) is 0.0282. The van der Waals surface area contributed by atoms with E-state index in [9.17, 15) is 14.4 Å². The highest BCUT2D eigenvalue weighted by atomic mass is 16.6. The molecule has 2 N–H and O–H groups in total. The van der Waals surface area contributed by atoms with Gasteiger partial charge in [-0.25, -0.2) is 9.59 Å². The third-order valence-corrected chi connectivity index (χ3v) is 2.11. The molecule has 1 atom stereocenters. The van der Waals surface area contributed by atoms with Gasteiger partial charge in [-0.2, -0.15) is 0 Å². The Bertz CT molecular complexity index is 491. The maximum Gasteiger partial charge on any atom is 0.345 e. The minimum atomic E-state index is -1.69. The molecule has 0 radical (unpaired) electrons. The van der Waals surface area contributed by atoms with Crippen LogP contribution in [0.1, 0.15) is 12.0 Å². The van der Waals surface area contributed by atoms with Gasteiger partial charge < -0.3 is 14.9 Å². The number of hydrogen-bond acceptors (Lipinski definition) is 4. The van der Waals surface area contributed by atoms with Crippen LogP contribution >= 0.6 is 0 Å². The van der Waals surface area contributed by atoms with E-state index in [2.05, 4.69) is 4.74 Å². The molecule has 0 bridgehead atoms. The van der Waals surface area contributed by atoms with Crippen LogP contribution in [0.5, 0.6) is 0 Å². The Labute approximate surface area is 108 Å². The molecule has 1 rings (SSSR count). The molecule has 0 amide bonds. The fraction of sp³-hybridized carbons (Fsp3) is 0.154. The molecule has 0 aromatic heterocycles. The zero-order chi connectivity index (χ0) is 14.3. The van der Waals surface area contributed by atoms with E-state index in [4.69, 9.17) is 10.2 Å². The molecule has 0 saturated heterocycles. The van der Waals surface area contributed by atoms with Crippen molar-refractivity contribution in [1.82, 2.24) is 0 Å². The first kappa shape index (κ1) is 14.4. The summed E-state index contributed by atoms with van der Waals surface area (Å²) in [5.41, 5.74) is 0.740. The standard InChI is InChI=1S/C13H12O6/c14-11(15)8-10(13(17)18)19-12(16)7-6-9-4-2-1-3-5-9/h1-7,10H,8H2,(H,14,15)(H,17,18)/b7-6+/t10-/m0/s1. The van der Waals surface area contributed by atoms with E-state index >= 15 is 0 Å². The number of carboxylic acids is 2. The summed E-state index contributed by atoms with van der Waals surface area (Å²) in [5, 5.41) is 17.2. The second-order valence-corrected chi connectivity index (χ2v) is 3.61. The van der Waals surface area contributed by atoms with E-state index in [1.807, 2.05) is 6.07 Å². The Morgan fingerprint density at radius 2 is 1.79 bits per heavy atom. The fourth-order valence-corrected chi connectivity index (χ4v) is 1.25. The van der Waals surface area contributed by atoms with Crippen molar-refractivity contribution in [3.63, 3.8) is 0 Å². The van der Waals surface area contributed by atoms with Gasteiger partial charge in [0.25, 0.3) is 0 Å². The first-order valence-electron chi connectivity index (χ1n) is 5.37. The Morgan fingerprint density at radius 3 is 2.32 bits per heavy atom. The summed E-state index contributed by atoms with van der Waals surface area (Å²) < 4.78 is 4.54. The lowest BCUT2D eigenvalue weighted by Gasteiger charge is -2.09. The van der Waals surface area contributed by atoms with Crippen molar-refractivity contribution in [3.8, 4) is 0 Å². The summed E-state index contributed by atoms with van der Waals surface area (Å²) in [7, 11) is 0. The van der Waals surface area contributed by atoms with Crippen LogP contribution in [0, 0.1) is 0 Å². The largest absolute Gasteiger partial charge is 0.481 e. The van der Waals surface area contributed by atoms with Crippen LogP contribution < -0.4 is 0 Å². The predicted octanol–water partition coefficient (Wildman–Crippen LogP) is 1.17. The minimum Gasteiger partial charge on any atom is -0.481 e. The average molecular weight is 264 g/mol. The average Bonchev–Trinajstić information content (AvgIpc) is 2.36. The van der Waals surface area contributed by atoms with E-state index in [-0.39, 0.29) is 0 Å². The van der Waals surface area contributed by atoms with E-state index < -0.39 is 30.4 Å². The number of hydrogen-bond donors (Lipinski definition) is 2. The van der Waals surface area contributed by atoms with Gasteiger partial charge in [-0.15, -0.1) is 0 Å². The number of rotatable bonds is 6. The molecule has 0 heterocycles.